The van der Waals surface area contributed by atoms with Gasteiger partial charge < -0.3 is 5.11 Å². The molecular formula is C12H15Cl3OS. The number of hydrogen-bond donors (Lipinski definition) is 1. The maximum absolute atomic E-state index is 9.53. The Hall–Kier alpha value is 0.240. The Balaban J connectivity index is 2.92. The summed E-state index contributed by atoms with van der Waals surface area (Å²) in [6.45, 7) is 6.49. The largest absolute Gasteiger partial charge is 0.505 e. The molecule has 1 aromatic rings. The molecule has 0 saturated heterocycles. The first-order valence-corrected chi connectivity index (χ1v) is 7.37. The average Bonchev–Trinajstić information content (AvgIpc) is 2.21. The second-order valence-corrected chi connectivity index (χ2v) is 7.03. The van der Waals surface area contributed by atoms with E-state index in [1.165, 1.54) is 0 Å². The highest BCUT2D eigenvalue weighted by Crippen LogP contribution is 2.44. The SMILES string of the molecule is CC(C)CC(C)Sc1cc(Cl)c(O)c(Cl)c1Cl. The van der Waals surface area contributed by atoms with Gasteiger partial charge in [-0.05, 0) is 18.4 Å². The minimum absolute atomic E-state index is 0.124. The van der Waals surface area contributed by atoms with Gasteiger partial charge in [-0.25, -0.2) is 0 Å². The zero-order valence-corrected chi connectivity index (χ0v) is 13.0. The predicted molar refractivity (Wildman–Crippen MR) is 77.9 cm³/mol. The van der Waals surface area contributed by atoms with E-state index >= 15 is 0 Å². The van der Waals surface area contributed by atoms with Crippen molar-refractivity contribution in [3.8, 4) is 5.75 Å². The van der Waals surface area contributed by atoms with Crippen LogP contribution in [0.1, 0.15) is 27.2 Å². The van der Waals surface area contributed by atoms with Gasteiger partial charge in [0.2, 0.25) is 0 Å². The van der Waals surface area contributed by atoms with Gasteiger partial charge in [0, 0.05) is 10.1 Å². The maximum atomic E-state index is 9.53. The molecule has 0 fully saturated rings. The Kier molecular flexibility index (Phi) is 5.78. The topological polar surface area (TPSA) is 20.2 Å². The molecule has 1 unspecified atom stereocenters. The van der Waals surface area contributed by atoms with Crippen LogP contribution < -0.4 is 0 Å². The van der Waals surface area contributed by atoms with E-state index in [4.69, 9.17) is 34.8 Å². The first-order chi connectivity index (χ1) is 7.82. The lowest BCUT2D eigenvalue weighted by molar-refractivity contribution is 0.475. The summed E-state index contributed by atoms with van der Waals surface area (Å²) in [6, 6.07) is 1.66. The Morgan fingerprint density at radius 3 is 2.29 bits per heavy atom. The van der Waals surface area contributed by atoms with E-state index in [1.54, 1.807) is 17.8 Å². The molecule has 1 aromatic carbocycles. The molecule has 1 rings (SSSR count). The number of halogens is 3. The number of phenolic OH excluding ortho intramolecular Hbond substituents is 1. The molecule has 0 aromatic heterocycles. The lowest BCUT2D eigenvalue weighted by Crippen LogP contribution is -2.01. The summed E-state index contributed by atoms with van der Waals surface area (Å²) < 4.78 is 0. The fraction of sp³-hybridized carbons (Fsp3) is 0.500. The van der Waals surface area contributed by atoms with Gasteiger partial charge in [-0.2, -0.15) is 0 Å². The second kappa shape index (κ2) is 6.42. The highest BCUT2D eigenvalue weighted by atomic mass is 35.5. The van der Waals surface area contributed by atoms with Crippen molar-refractivity contribution >= 4 is 46.6 Å². The maximum Gasteiger partial charge on any atom is 0.154 e. The number of benzene rings is 1. The van der Waals surface area contributed by atoms with Crippen LogP contribution in [0.5, 0.6) is 5.75 Å². The second-order valence-electron chi connectivity index (χ2n) is 4.39. The van der Waals surface area contributed by atoms with Crippen LogP contribution in [0.4, 0.5) is 0 Å². The van der Waals surface area contributed by atoms with Crippen molar-refractivity contribution < 1.29 is 5.11 Å². The van der Waals surface area contributed by atoms with E-state index in [0.29, 0.717) is 16.2 Å². The highest BCUT2D eigenvalue weighted by Gasteiger charge is 2.16. The molecule has 1 N–H and O–H groups in total. The van der Waals surface area contributed by atoms with Crippen LogP contribution in [0.3, 0.4) is 0 Å². The summed E-state index contributed by atoms with van der Waals surface area (Å²) in [5.74, 6) is 0.471. The molecule has 0 radical (unpaired) electrons. The van der Waals surface area contributed by atoms with Gasteiger partial charge in [0.05, 0.1) is 10.0 Å². The first-order valence-electron chi connectivity index (χ1n) is 5.36. The molecule has 0 aliphatic carbocycles. The fourth-order valence-electron chi connectivity index (χ4n) is 1.58. The van der Waals surface area contributed by atoms with E-state index in [0.717, 1.165) is 11.3 Å². The van der Waals surface area contributed by atoms with Gasteiger partial charge in [-0.1, -0.05) is 55.6 Å². The number of hydrogen-bond acceptors (Lipinski definition) is 2. The van der Waals surface area contributed by atoms with Crippen LogP contribution in [-0.4, -0.2) is 10.4 Å². The van der Waals surface area contributed by atoms with Crippen LogP contribution in [0.15, 0.2) is 11.0 Å². The van der Waals surface area contributed by atoms with Crippen molar-refractivity contribution in [3.63, 3.8) is 0 Å². The molecule has 0 aliphatic rings. The summed E-state index contributed by atoms with van der Waals surface area (Å²) in [7, 11) is 0. The third-order valence-electron chi connectivity index (χ3n) is 2.23. The Labute approximate surface area is 121 Å². The molecule has 0 heterocycles. The Morgan fingerprint density at radius 2 is 1.76 bits per heavy atom. The monoisotopic (exact) mass is 312 g/mol. The molecule has 0 spiro atoms. The van der Waals surface area contributed by atoms with Crippen LogP contribution in [0.25, 0.3) is 0 Å². The standard InChI is InChI=1S/C12H15Cl3OS/c1-6(2)4-7(3)17-9-5-8(13)12(16)11(15)10(9)14/h5-7,16H,4H2,1-3H3. The number of rotatable bonds is 4. The van der Waals surface area contributed by atoms with E-state index in [1.807, 2.05) is 0 Å². The lowest BCUT2D eigenvalue weighted by Gasteiger charge is -2.15. The molecule has 1 atom stereocenters. The van der Waals surface area contributed by atoms with Gasteiger partial charge in [-0.3, -0.25) is 0 Å². The number of thioether (sulfide) groups is 1. The van der Waals surface area contributed by atoms with Crippen LogP contribution in [-0.2, 0) is 0 Å². The molecule has 0 saturated carbocycles. The van der Waals surface area contributed by atoms with Gasteiger partial charge in [0.1, 0.15) is 5.02 Å². The zero-order chi connectivity index (χ0) is 13.2. The van der Waals surface area contributed by atoms with Crippen molar-refractivity contribution in [2.24, 2.45) is 5.92 Å². The lowest BCUT2D eigenvalue weighted by atomic mass is 10.1. The van der Waals surface area contributed by atoms with E-state index in [-0.39, 0.29) is 15.8 Å². The van der Waals surface area contributed by atoms with E-state index < -0.39 is 0 Å². The quantitative estimate of drug-likeness (QED) is 0.553. The summed E-state index contributed by atoms with van der Waals surface area (Å²) in [6.07, 6.45) is 1.08. The predicted octanol–water partition coefficient (Wildman–Crippen LogP) is 5.88. The Morgan fingerprint density at radius 1 is 1.18 bits per heavy atom. The molecule has 1 nitrogen and oxygen atoms in total. The first kappa shape index (κ1) is 15.3. The summed E-state index contributed by atoms with van der Waals surface area (Å²) in [5.41, 5.74) is 0. The molecule has 0 bridgehead atoms. The Bertz CT molecular complexity index is 407. The van der Waals surface area contributed by atoms with E-state index in [2.05, 4.69) is 20.8 Å². The fourth-order valence-corrected chi connectivity index (χ4v) is 3.74. The molecule has 96 valence electrons. The number of aromatic hydroxyl groups is 1. The minimum Gasteiger partial charge on any atom is -0.505 e. The average molecular weight is 314 g/mol. The molecule has 0 aliphatic heterocycles. The normalized spacial score (nSPS) is 13.1. The van der Waals surface area contributed by atoms with Crippen molar-refractivity contribution in [2.45, 2.75) is 37.3 Å². The van der Waals surface area contributed by atoms with Crippen LogP contribution in [0.2, 0.25) is 15.1 Å². The molecule has 0 amide bonds. The van der Waals surface area contributed by atoms with Crippen molar-refractivity contribution in [1.82, 2.24) is 0 Å². The summed E-state index contributed by atoms with van der Waals surface area (Å²) in [4.78, 5) is 0.813. The third kappa shape index (κ3) is 4.13. The molecule has 17 heavy (non-hydrogen) atoms. The summed E-state index contributed by atoms with van der Waals surface area (Å²) >= 11 is 19.5. The van der Waals surface area contributed by atoms with Gasteiger partial charge in [-0.15, -0.1) is 11.8 Å². The minimum atomic E-state index is -0.154. The van der Waals surface area contributed by atoms with E-state index in [9.17, 15) is 5.11 Å². The highest BCUT2D eigenvalue weighted by molar-refractivity contribution is 8.00. The van der Waals surface area contributed by atoms with Crippen molar-refractivity contribution in [3.05, 3.63) is 21.1 Å². The third-order valence-corrected chi connectivity index (χ3v) is 4.66. The summed E-state index contributed by atoms with van der Waals surface area (Å²) in [5, 5.41) is 10.7. The van der Waals surface area contributed by atoms with Gasteiger partial charge in [0.15, 0.2) is 5.75 Å². The number of phenols is 1. The van der Waals surface area contributed by atoms with Crippen LogP contribution in [0, 0.1) is 5.92 Å². The zero-order valence-electron chi connectivity index (χ0n) is 9.93. The molecular weight excluding hydrogens is 299 g/mol. The van der Waals surface area contributed by atoms with Crippen LogP contribution >= 0.6 is 46.6 Å². The van der Waals surface area contributed by atoms with Gasteiger partial charge in [0.25, 0.3) is 0 Å². The van der Waals surface area contributed by atoms with Crippen molar-refractivity contribution in [1.29, 1.82) is 0 Å². The van der Waals surface area contributed by atoms with Gasteiger partial charge >= 0.3 is 0 Å². The van der Waals surface area contributed by atoms with Crippen molar-refractivity contribution in [2.75, 3.05) is 0 Å². The molecule has 5 heteroatoms. The smallest absolute Gasteiger partial charge is 0.154 e.